The van der Waals surface area contributed by atoms with Gasteiger partial charge in [0, 0.05) is 9.79 Å². The third-order valence-electron chi connectivity index (χ3n) is 2.65. The number of hydrogen-bond acceptors (Lipinski definition) is 2. The first-order chi connectivity index (χ1) is 6.61. The van der Waals surface area contributed by atoms with Gasteiger partial charge in [-0.25, -0.2) is 0 Å². The number of hydrogen-bond donors (Lipinski definition) is 2. The molecule has 2 aromatic carbocycles. The Hall–Kier alpha value is -0.600. The van der Waals surface area contributed by atoms with Gasteiger partial charge in [-0.15, -0.1) is 25.3 Å². The minimum Gasteiger partial charge on any atom is -0.143 e. The lowest BCUT2D eigenvalue weighted by atomic mass is 10.0. The Morgan fingerprint density at radius 3 is 1.64 bits per heavy atom. The van der Waals surface area contributed by atoms with Crippen molar-refractivity contribution in [2.75, 3.05) is 0 Å². The van der Waals surface area contributed by atoms with Gasteiger partial charge in [0.05, 0.1) is 0 Å². The minimum atomic E-state index is 1.04. The van der Waals surface area contributed by atoms with E-state index in [-0.39, 0.29) is 0 Å². The summed E-state index contributed by atoms with van der Waals surface area (Å²) in [5, 5.41) is 2.54. The first-order valence-corrected chi connectivity index (χ1v) is 5.41. The third-order valence-corrected chi connectivity index (χ3v) is 3.62. The van der Waals surface area contributed by atoms with Gasteiger partial charge in [0.2, 0.25) is 0 Å². The molecule has 2 heteroatoms. The summed E-state index contributed by atoms with van der Waals surface area (Å²) >= 11 is 8.86. The minimum absolute atomic E-state index is 1.04. The van der Waals surface area contributed by atoms with E-state index in [1.54, 1.807) is 0 Å². The van der Waals surface area contributed by atoms with Crippen molar-refractivity contribution in [2.24, 2.45) is 0 Å². The Balaban J connectivity index is 2.98. The molecule has 0 heterocycles. The molecule has 0 saturated carbocycles. The zero-order chi connectivity index (χ0) is 10.3. The Labute approximate surface area is 95.2 Å². The van der Waals surface area contributed by atoms with Crippen LogP contribution in [0.3, 0.4) is 0 Å². The summed E-state index contributed by atoms with van der Waals surface area (Å²) in [5.74, 6) is 0. The van der Waals surface area contributed by atoms with Crippen LogP contribution in [0.15, 0.2) is 34.1 Å². The predicted molar refractivity (Wildman–Crippen MR) is 67.9 cm³/mol. The van der Waals surface area contributed by atoms with Gasteiger partial charge in [-0.2, -0.15) is 0 Å². The second-order valence-corrected chi connectivity index (χ2v) is 4.48. The molecule has 72 valence electrons. The van der Waals surface area contributed by atoms with Crippen LogP contribution in [-0.2, 0) is 0 Å². The molecule has 0 aliphatic rings. The zero-order valence-electron chi connectivity index (χ0n) is 8.20. The van der Waals surface area contributed by atoms with E-state index in [1.165, 1.54) is 21.9 Å². The van der Waals surface area contributed by atoms with E-state index in [0.29, 0.717) is 0 Å². The van der Waals surface area contributed by atoms with Crippen molar-refractivity contribution in [2.45, 2.75) is 23.6 Å². The standard InChI is InChI=1S/C12H12S2/c1-7-10(13)5-3-9-4-6-11(14)8(2)12(7)9/h3-6,13-14H,1-2H3. The molecule has 0 saturated heterocycles. The number of benzene rings is 2. The molecule has 0 aliphatic carbocycles. The number of thiol groups is 2. The Morgan fingerprint density at radius 2 is 1.21 bits per heavy atom. The van der Waals surface area contributed by atoms with Crippen LogP contribution in [0, 0.1) is 13.8 Å². The normalized spacial score (nSPS) is 10.9. The van der Waals surface area contributed by atoms with E-state index >= 15 is 0 Å². The molecule has 14 heavy (non-hydrogen) atoms. The van der Waals surface area contributed by atoms with Crippen LogP contribution >= 0.6 is 25.3 Å². The highest BCUT2D eigenvalue weighted by atomic mass is 32.1. The van der Waals surface area contributed by atoms with E-state index in [0.717, 1.165) is 9.79 Å². The van der Waals surface area contributed by atoms with Crippen LogP contribution in [0.2, 0.25) is 0 Å². The molecule has 0 radical (unpaired) electrons. The van der Waals surface area contributed by atoms with E-state index in [1.807, 2.05) is 12.1 Å². The summed E-state index contributed by atoms with van der Waals surface area (Å²) in [6, 6.07) is 8.28. The Bertz CT molecular complexity index is 458. The molecular weight excluding hydrogens is 208 g/mol. The van der Waals surface area contributed by atoms with E-state index in [9.17, 15) is 0 Å². The number of rotatable bonds is 0. The molecule has 2 rings (SSSR count). The molecule has 2 aromatic rings. The summed E-state index contributed by atoms with van der Waals surface area (Å²) in [7, 11) is 0. The summed E-state index contributed by atoms with van der Waals surface area (Å²) in [4.78, 5) is 2.08. The Kier molecular flexibility index (Phi) is 2.50. The third kappa shape index (κ3) is 1.43. The maximum Gasteiger partial charge on any atom is 0.00757 e. The van der Waals surface area contributed by atoms with Crippen LogP contribution in [-0.4, -0.2) is 0 Å². The second-order valence-electron chi connectivity index (χ2n) is 3.52. The molecule has 0 aliphatic heterocycles. The molecule has 0 fully saturated rings. The smallest absolute Gasteiger partial charge is 0.00757 e. The van der Waals surface area contributed by atoms with Crippen LogP contribution in [0.1, 0.15) is 11.1 Å². The fourth-order valence-electron chi connectivity index (χ4n) is 1.78. The highest BCUT2D eigenvalue weighted by Crippen LogP contribution is 2.30. The highest BCUT2D eigenvalue weighted by Gasteiger charge is 2.05. The van der Waals surface area contributed by atoms with Gasteiger partial charge in [-0.1, -0.05) is 12.1 Å². The topological polar surface area (TPSA) is 0 Å². The quantitative estimate of drug-likeness (QED) is 0.615. The molecule has 0 spiro atoms. The Morgan fingerprint density at radius 1 is 0.786 bits per heavy atom. The van der Waals surface area contributed by atoms with Gasteiger partial charge < -0.3 is 0 Å². The zero-order valence-corrected chi connectivity index (χ0v) is 9.99. The van der Waals surface area contributed by atoms with Crippen molar-refractivity contribution in [1.29, 1.82) is 0 Å². The molecule has 0 nitrogen and oxygen atoms in total. The summed E-state index contributed by atoms with van der Waals surface area (Å²) < 4.78 is 0. The molecular formula is C12H12S2. The molecule has 0 bridgehead atoms. The van der Waals surface area contributed by atoms with E-state index in [4.69, 9.17) is 0 Å². The molecule has 0 amide bonds. The molecule has 0 unspecified atom stereocenters. The van der Waals surface area contributed by atoms with E-state index in [2.05, 4.69) is 51.2 Å². The van der Waals surface area contributed by atoms with Gasteiger partial charge >= 0.3 is 0 Å². The maximum absolute atomic E-state index is 4.43. The second kappa shape index (κ2) is 3.52. The average molecular weight is 220 g/mol. The van der Waals surface area contributed by atoms with Crippen LogP contribution < -0.4 is 0 Å². The van der Waals surface area contributed by atoms with Crippen molar-refractivity contribution in [3.8, 4) is 0 Å². The van der Waals surface area contributed by atoms with Gasteiger partial charge in [0.1, 0.15) is 0 Å². The summed E-state index contributed by atoms with van der Waals surface area (Å²) in [6.45, 7) is 4.20. The fourth-order valence-corrected chi connectivity index (χ4v) is 2.15. The van der Waals surface area contributed by atoms with Crippen molar-refractivity contribution < 1.29 is 0 Å². The lowest BCUT2D eigenvalue weighted by Crippen LogP contribution is -1.86. The fraction of sp³-hybridized carbons (Fsp3) is 0.167. The van der Waals surface area contributed by atoms with Gasteiger partial charge in [0.25, 0.3) is 0 Å². The largest absolute Gasteiger partial charge is 0.143 e. The lowest BCUT2D eigenvalue weighted by molar-refractivity contribution is 1.29. The highest BCUT2D eigenvalue weighted by molar-refractivity contribution is 7.80. The van der Waals surface area contributed by atoms with Crippen LogP contribution in [0.25, 0.3) is 10.8 Å². The molecule has 0 N–H and O–H groups in total. The van der Waals surface area contributed by atoms with Gasteiger partial charge in [-0.05, 0) is 47.9 Å². The van der Waals surface area contributed by atoms with Gasteiger partial charge in [-0.3, -0.25) is 0 Å². The van der Waals surface area contributed by atoms with Gasteiger partial charge in [0.15, 0.2) is 0 Å². The first-order valence-electron chi connectivity index (χ1n) is 4.52. The maximum atomic E-state index is 4.43. The van der Waals surface area contributed by atoms with Crippen LogP contribution in [0.5, 0.6) is 0 Å². The van der Waals surface area contributed by atoms with Crippen molar-refractivity contribution >= 4 is 36.0 Å². The molecule has 0 atom stereocenters. The SMILES string of the molecule is Cc1c(S)ccc2ccc(S)c(C)c12. The van der Waals surface area contributed by atoms with Crippen molar-refractivity contribution in [3.63, 3.8) is 0 Å². The summed E-state index contributed by atoms with van der Waals surface area (Å²) in [6.07, 6.45) is 0. The summed E-state index contributed by atoms with van der Waals surface area (Å²) in [5.41, 5.74) is 2.47. The van der Waals surface area contributed by atoms with Crippen molar-refractivity contribution in [3.05, 3.63) is 35.4 Å². The monoisotopic (exact) mass is 220 g/mol. The average Bonchev–Trinajstić information content (AvgIpc) is 2.17. The predicted octanol–water partition coefficient (Wildman–Crippen LogP) is 4.03. The lowest BCUT2D eigenvalue weighted by Gasteiger charge is -2.09. The number of aryl methyl sites for hydroxylation is 2. The van der Waals surface area contributed by atoms with E-state index < -0.39 is 0 Å². The number of fused-ring (bicyclic) bond motifs is 1. The van der Waals surface area contributed by atoms with Crippen LogP contribution in [0.4, 0.5) is 0 Å². The first kappa shape index (κ1) is 9.94. The van der Waals surface area contributed by atoms with Crippen molar-refractivity contribution in [1.82, 2.24) is 0 Å². The molecule has 0 aromatic heterocycles.